The molecule has 0 aromatic heterocycles. The van der Waals surface area contributed by atoms with Crippen LogP contribution in [0.1, 0.15) is 30.0 Å². The molecule has 0 bridgehead atoms. The predicted octanol–water partition coefficient (Wildman–Crippen LogP) is 0.646. The molecule has 0 radical (unpaired) electrons. The number of non-ortho nitro benzene ring substituents is 1. The maximum atomic E-state index is 13.2. The van der Waals surface area contributed by atoms with Crippen LogP contribution < -0.4 is 14.0 Å². The number of anilines is 1. The third kappa shape index (κ3) is 6.76. The number of hydrogen-bond donors (Lipinski definition) is 2. The van der Waals surface area contributed by atoms with Gasteiger partial charge in [0.25, 0.3) is 5.69 Å². The summed E-state index contributed by atoms with van der Waals surface area (Å²) in [5, 5.41) is 21.2. The molecule has 196 valence electrons. The van der Waals surface area contributed by atoms with Gasteiger partial charge in [0.2, 0.25) is 5.91 Å². The van der Waals surface area contributed by atoms with Crippen molar-refractivity contribution in [1.29, 1.82) is 0 Å². The summed E-state index contributed by atoms with van der Waals surface area (Å²) in [6.45, 7) is 2.26. The van der Waals surface area contributed by atoms with E-state index in [-0.39, 0.29) is 27.4 Å². The fraction of sp³-hybridized carbons (Fsp3) is 0.381. The van der Waals surface area contributed by atoms with Crippen molar-refractivity contribution >= 4 is 37.7 Å². The number of benzene rings is 2. The number of nitro benzene ring substituents is 1. The lowest BCUT2D eigenvalue weighted by atomic mass is 10.0. The molecule has 0 saturated carbocycles. The van der Waals surface area contributed by atoms with Crippen molar-refractivity contribution in [2.45, 2.75) is 25.3 Å². The molecule has 1 heterocycles. The zero-order valence-corrected chi connectivity index (χ0v) is 21.2. The van der Waals surface area contributed by atoms with E-state index in [9.17, 15) is 31.7 Å². The Morgan fingerprint density at radius 2 is 1.64 bits per heavy atom. The van der Waals surface area contributed by atoms with Gasteiger partial charge < -0.3 is 9.80 Å². The first kappa shape index (κ1) is 27.5. The Morgan fingerprint density at radius 1 is 1.06 bits per heavy atom. The molecule has 4 N–H and O–H groups in total. The molecule has 1 fully saturated rings. The van der Waals surface area contributed by atoms with Crippen molar-refractivity contribution in [2.75, 3.05) is 30.4 Å². The Labute approximate surface area is 209 Å². The number of hydrogen-bond acceptors (Lipinski definition) is 8. The van der Waals surface area contributed by atoms with Crippen molar-refractivity contribution in [3.05, 3.63) is 69.8 Å². The molecule has 1 aliphatic heterocycles. The van der Waals surface area contributed by atoms with Crippen LogP contribution in [0.25, 0.3) is 0 Å². The van der Waals surface area contributed by atoms with E-state index in [0.717, 1.165) is 25.9 Å². The normalized spacial score (nSPS) is 15.4. The lowest BCUT2D eigenvalue weighted by molar-refractivity contribution is -0.385. The molecule has 36 heavy (non-hydrogen) atoms. The fourth-order valence-corrected chi connectivity index (χ4v) is 6.14. The van der Waals surface area contributed by atoms with Crippen molar-refractivity contribution in [1.82, 2.24) is 9.80 Å². The first-order chi connectivity index (χ1) is 16.8. The third-order valence-corrected chi connectivity index (χ3v) is 8.51. The first-order valence-electron chi connectivity index (χ1n) is 10.9. The maximum absolute atomic E-state index is 13.2. The average Bonchev–Trinajstić information content (AvgIpc) is 3.30. The van der Waals surface area contributed by atoms with Crippen molar-refractivity contribution in [2.24, 2.45) is 10.3 Å². The molecule has 0 aliphatic carbocycles. The van der Waals surface area contributed by atoms with Crippen LogP contribution >= 0.6 is 0 Å². The van der Waals surface area contributed by atoms with Gasteiger partial charge in [0, 0.05) is 25.7 Å². The Morgan fingerprint density at radius 3 is 2.17 bits per heavy atom. The van der Waals surface area contributed by atoms with Gasteiger partial charge in [0.05, 0.1) is 23.1 Å². The van der Waals surface area contributed by atoms with Gasteiger partial charge in [-0.2, -0.15) is 16.8 Å². The van der Waals surface area contributed by atoms with Gasteiger partial charge in [0.15, 0.2) is 0 Å². The number of likely N-dealkylation sites (N-methyl/N-ethyl adjacent to an activating group) is 1. The quantitative estimate of drug-likeness (QED) is 0.324. The van der Waals surface area contributed by atoms with Crippen LogP contribution in [0.5, 0.6) is 0 Å². The number of carbonyl (C=O) groups is 1. The lowest BCUT2D eigenvalue weighted by Gasteiger charge is -2.32. The van der Waals surface area contributed by atoms with Gasteiger partial charge in [0.1, 0.15) is 0 Å². The maximum Gasteiger partial charge on any atom is 0.313 e. The molecule has 13 nitrogen and oxygen atoms in total. The third-order valence-electron chi connectivity index (χ3n) is 5.92. The van der Waals surface area contributed by atoms with E-state index in [1.54, 1.807) is 19.2 Å². The number of carbonyl (C=O) groups excluding carboxylic acids is 1. The van der Waals surface area contributed by atoms with Crippen LogP contribution in [-0.2, 0) is 31.6 Å². The minimum absolute atomic E-state index is 0.0652. The molecular weight excluding hydrogens is 512 g/mol. The smallest absolute Gasteiger partial charge is 0.313 e. The molecule has 0 spiro atoms. The Bertz CT molecular complexity index is 1290. The number of nitrogens with two attached hydrogens (primary N) is 2. The van der Waals surface area contributed by atoms with Crippen LogP contribution in [0, 0.1) is 10.1 Å². The summed E-state index contributed by atoms with van der Waals surface area (Å²) in [6.07, 6.45) is 2.01. The minimum atomic E-state index is -4.70. The van der Waals surface area contributed by atoms with Crippen LogP contribution in [0.3, 0.4) is 0 Å². The predicted molar refractivity (Wildman–Crippen MR) is 133 cm³/mol. The largest absolute Gasteiger partial charge is 0.337 e. The zero-order valence-electron chi connectivity index (χ0n) is 19.6. The molecule has 0 unspecified atom stereocenters. The lowest BCUT2D eigenvalue weighted by Crippen LogP contribution is -2.45. The van der Waals surface area contributed by atoms with Gasteiger partial charge in [-0.15, -0.1) is 3.71 Å². The van der Waals surface area contributed by atoms with Crippen molar-refractivity contribution in [3.8, 4) is 0 Å². The van der Waals surface area contributed by atoms with E-state index in [0.29, 0.717) is 17.7 Å². The van der Waals surface area contributed by atoms with Crippen LogP contribution in [0.4, 0.5) is 11.4 Å². The van der Waals surface area contributed by atoms with Gasteiger partial charge in [-0.3, -0.25) is 14.9 Å². The second-order valence-electron chi connectivity index (χ2n) is 8.51. The number of likely N-dealkylation sites (tertiary alicyclic amines) is 1. The highest BCUT2D eigenvalue weighted by Crippen LogP contribution is 2.27. The number of amides is 1. The summed E-state index contributed by atoms with van der Waals surface area (Å²) in [7, 11) is -7.77. The number of nitro groups is 1. The Balaban J connectivity index is 1.83. The summed E-state index contributed by atoms with van der Waals surface area (Å²) in [6, 6.07) is 10.9. The summed E-state index contributed by atoms with van der Waals surface area (Å²) < 4.78 is 46.6. The highest BCUT2D eigenvalue weighted by atomic mass is 32.3. The van der Waals surface area contributed by atoms with E-state index in [1.165, 1.54) is 41.3 Å². The molecule has 3 rings (SSSR count). The van der Waals surface area contributed by atoms with E-state index in [4.69, 9.17) is 10.3 Å². The minimum Gasteiger partial charge on any atom is -0.337 e. The molecule has 1 atom stereocenters. The first-order valence-corrected chi connectivity index (χ1v) is 14.0. The highest BCUT2D eigenvalue weighted by molar-refractivity contribution is 8.08. The van der Waals surface area contributed by atoms with Gasteiger partial charge in [-0.25, -0.2) is 10.3 Å². The van der Waals surface area contributed by atoms with Crippen LogP contribution in [-0.4, -0.2) is 64.1 Å². The van der Waals surface area contributed by atoms with Crippen LogP contribution in [0.15, 0.2) is 48.5 Å². The Hall–Kier alpha value is -3.11. The second-order valence-corrected chi connectivity index (χ2v) is 11.5. The summed E-state index contributed by atoms with van der Waals surface area (Å²) in [5.41, 5.74) is 0.760. The van der Waals surface area contributed by atoms with Gasteiger partial charge in [-0.1, -0.05) is 24.3 Å². The van der Waals surface area contributed by atoms with E-state index in [1.807, 2.05) is 0 Å². The molecule has 15 heteroatoms. The number of rotatable bonds is 10. The van der Waals surface area contributed by atoms with E-state index < -0.39 is 31.4 Å². The molecular formula is C21H28N6O7S2. The Kier molecular flexibility index (Phi) is 8.30. The molecule has 1 aliphatic rings. The molecule has 1 saturated heterocycles. The van der Waals surface area contributed by atoms with Crippen molar-refractivity contribution < 1.29 is 26.6 Å². The molecule has 2 aromatic carbocycles. The average molecular weight is 541 g/mol. The SMILES string of the molecule is CN(C(=O)Cc1ccc(N(S(N)(=O)=O)S(N)(=O)=O)cc1)[C@H](CN1CCCC1)c1cccc([N+](=O)[O-])c1. The molecule has 2 aromatic rings. The van der Waals surface area contributed by atoms with Crippen molar-refractivity contribution in [3.63, 3.8) is 0 Å². The summed E-state index contributed by atoms with van der Waals surface area (Å²) >= 11 is 0. The zero-order chi connectivity index (χ0) is 26.7. The standard InChI is InChI=1S/C21H28N6O7S2/c1-24(20(15-25-11-2-3-12-25)17-5-4-6-19(14-17)26(29)30)21(28)13-16-7-9-18(10-8-16)27(35(22,31)32)36(23,33)34/h4-10,14,20H,2-3,11-13,15H2,1H3,(H2,22,31,32)(H2,23,33,34)/t20-/m1/s1. The molecule has 1 amide bonds. The summed E-state index contributed by atoms with van der Waals surface area (Å²) in [5.74, 6) is -0.284. The van der Waals surface area contributed by atoms with E-state index in [2.05, 4.69) is 4.90 Å². The van der Waals surface area contributed by atoms with E-state index >= 15 is 0 Å². The van der Waals surface area contributed by atoms with Crippen LogP contribution in [0.2, 0.25) is 0 Å². The summed E-state index contributed by atoms with van der Waals surface area (Å²) in [4.78, 5) is 27.7. The number of nitrogens with zero attached hydrogens (tertiary/aromatic N) is 4. The fourth-order valence-electron chi connectivity index (χ4n) is 4.15. The van der Waals surface area contributed by atoms with Gasteiger partial charge >= 0.3 is 20.4 Å². The topological polar surface area (TPSA) is 190 Å². The highest BCUT2D eigenvalue weighted by Gasteiger charge is 2.29. The second kappa shape index (κ2) is 10.9. The monoisotopic (exact) mass is 540 g/mol. The van der Waals surface area contributed by atoms with Gasteiger partial charge in [-0.05, 0) is 49.2 Å².